The number of piperidine rings is 4. The zero-order valence-electron chi connectivity index (χ0n) is 65.7. The van der Waals surface area contributed by atoms with E-state index in [9.17, 15) is 71.9 Å². The lowest BCUT2D eigenvalue weighted by atomic mass is 9.86. The van der Waals surface area contributed by atoms with Crippen molar-refractivity contribution in [1.29, 1.82) is 0 Å². The maximum atomic E-state index is 13.4. The Morgan fingerprint density at radius 3 is 0.889 bits per heavy atom. The molecule has 16 rings (SSSR count). The zero-order valence-corrected chi connectivity index (χ0v) is 65.7. The van der Waals surface area contributed by atoms with Gasteiger partial charge in [0, 0.05) is 138 Å². The van der Waals surface area contributed by atoms with Crippen molar-refractivity contribution < 1.29 is 71.9 Å². The largest absolute Gasteiger partial charge is 0.416 e. The summed E-state index contributed by atoms with van der Waals surface area (Å²) in [7, 11) is 0. The highest BCUT2D eigenvalue weighted by Crippen LogP contribution is 2.44. The fourth-order valence-electron chi connectivity index (χ4n) is 17.8. The molecular formula is C85H104F12N16O4. The van der Waals surface area contributed by atoms with Crippen molar-refractivity contribution in [3.63, 3.8) is 0 Å². The average Bonchev–Trinajstić information content (AvgIpc) is 1.66. The quantitative estimate of drug-likeness (QED) is 0.0843. The highest BCUT2D eigenvalue weighted by Gasteiger charge is 2.43. The van der Waals surface area contributed by atoms with Gasteiger partial charge in [-0.2, -0.15) is 73.1 Å². The number of alkyl halides is 12. The molecule has 117 heavy (non-hydrogen) atoms. The molecule has 4 N–H and O–H groups in total. The maximum Gasteiger partial charge on any atom is 0.416 e. The number of likely N-dealkylation sites (N-methyl/N-ethyl adjacent to an activating group) is 2. The van der Waals surface area contributed by atoms with Gasteiger partial charge in [-0.15, -0.1) is 0 Å². The summed E-state index contributed by atoms with van der Waals surface area (Å²) < 4.78 is 160. The minimum atomic E-state index is -4.36. The SMILES string of the molecule is C.CCN1CCCc2[nH]nc(C(=O)N3CCC(c4ccccc4C(F)(F)F)CC3)c2C1.CCN1CCc2[nH]nc(C(=O)N3CCC(c4ccccc4C(F)(F)F)CC3)c2C1.CCN1CCc2c(C(=O)N3CCC(c4ccccc4C(F)(F)F)CC3)n[nH]c2C1.CCN1Cc2[nH]nc(C(=O)N3CCC(c4ccccc4C(F)(F)F)CC3)c2C1. The molecule has 4 amide bonds. The van der Waals surface area contributed by atoms with Crippen LogP contribution in [-0.4, -0.2) is 202 Å². The molecule has 4 saturated heterocycles. The molecular weight excluding hydrogens is 1540 g/mol. The van der Waals surface area contributed by atoms with Gasteiger partial charge in [-0.05, 0) is 174 Å². The van der Waals surface area contributed by atoms with Crippen LogP contribution >= 0.6 is 0 Å². The van der Waals surface area contributed by atoms with E-state index >= 15 is 0 Å². The smallest absolute Gasteiger partial charge is 0.337 e. The molecule has 8 aliphatic heterocycles. The minimum Gasteiger partial charge on any atom is -0.337 e. The first kappa shape index (κ1) is 86.9. The third-order valence-corrected chi connectivity index (χ3v) is 24.5. The van der Waals surface area contributed by atoms with Crippen molar-refractivity contribution in [2.75, 3.05) is 98.2 Å². The number of hydrogen-bond donors (Lipinski definition) is 4. The molecule has 4 aromatic carbocycles. The summed E-state index contributed by atoms with van der Waals surface area (Å²) in [5.41, 5.74) is 8.88. The molecule has 20 nitrogen and oxygen atoms in total. The number of benzene rings is 4. The summed E-state index contributed by atoms with van der Waals surface area (Å²) in [6.45, 7) is 22.1. The molecule has 632 valence electrons. The van der Waals surface area contributed by atoms with Crippen molar-refractivity contribution in [3.8, 4) is 0 Å². The predicted octanol–water partition coefficient (Wildman–Crippen LogP) is 16.3. The van der Waals surface area contributed by atoms with Crippen LogP contribution in [0.3, 0.4) is 0 Å². The Kier molecular flexibility index (Phi) is 27.7. The number of aromatic nitrogens is 8. The second-order valence-corrected chi connectivity index (χ2v) is 31.2. The van der Waals surface area contributed by atoms with Crippen LogP contribution in [0.15, 0.2) is 97.1 Å². The highest BCUT2D eigenvalue weighted by molar-refractivity contribution is 5.96. The monoisotopic (exact) mass is 1640 g/mol. The van der Waals surface area contributed by atoms with E-state index in [2.05, 4.69) is 88.1 Å². The normalized spacial score (nSPS) is 18.5. The summed E-state index contributed by atoms with van der Waals surface area (Å²) in [5.74, 6) is -1.26. The summed E-state index contributed by atoms with van der Waals surface area (Å²) in [6, 6.07) is 23.1. The summed E-state index contributed by atoms with van der Waals surface area (Å²) in [5, 5.41) is 29.1. The van der Waals surface area contributed by atoms with Crippen LogP contribution in [0, 0.1) is 0 Å². The predicted molar refractivity (Wildman–Crippen MR) is 417 cm³/mol. The van der Waals surface area contributed by atoms with Crippen LogP contribution in [0.25, 0.3) is 0 Å². The summed E-state index contributed by atoms with van der Waals surface area (Å²) in [6.07, 6.45) is -9.72. The molecule has 0 aliphatic carbocycles. The Labute approximate surface area is 673 Å². The molecule has 32 heteroatoms. The van der Waals surface area contributed by atoms with Gasteiger partial charge in [0.15, 0.2) is 22.8 Å². The van der Waals surface area contributed by atoms with E-state index in [0.717, 1.165) is 154 Å². The van der Waals surface area contributed by atoms with Crippen LogP contribution in [0.1, 0.15) is 248 Å². The van der Waals surface area contributed by atoms with Gasteiger partial charge in [0.05, 0.1) is 33.6 Å². The number of hydrogen-bond acceptors (Lipinski definition) is 12. The van der Waals surface area contributed by atoms with Crippen LogP contribution in [0.4, 0.5) is 52.7 Å². The van der Waals surface area contributed by atoms with Gasteiger partial charge in [0.25, 0.3) is 23.6 Å². The lowest BCUT2D eigenvalue weighted by molar-refractivity contribution is -0.139. The van der Waals surface area contributed by atoms with E-state index in [4.69, 9.17) is 0 Å². The zero-order chi connectivity index (χ0) is 82.4. The third kappa shape index (κ3) is 19.8. The van der Waals surface area contributed by atoms with Crippen molar-refractivity contribution in [3.05, 3.63) is 209 Å². The van der Waals surface area contributed by atoms with Crippen molar-refractivity contribution >= 4 is 23.6 Å². The third-order valence-electron chi connectivity index (χ3n) is 24.5. The number of carbonyl (C=O) groups is 4. The molecule has 0 bridgehead atoms. The Bertz CT molecular complexity index is 4700. The number of aryl methyl sites for hydroxylation is 1. The second kappa shape index (κ2) is 37.3. The number of amides is 4. The fraction of sp³-hybridized carbons (Fsp3) is 0.529. The van der Waals surface area contributed by atoms with Gasteiger partial charge in [0.2, 0.25) is 0 Å². The molecule has 8 aliphatic rings. The molecule has 0 spiro atoms. The number of fused-ring (bicyclic) bond motifs is 4. The van der Waals surface area contributed by atoms with Gasteiger partial charge in [-0.3, -0.25) is 59.2 Å². The van der Waals surface area contributed by atoms with Gasteiger partial charge >= 0.3 is 24.7 Å². The Balaban J connectivity index is 0.000000143. The summed E-state index contributed by atoms with van der Waals surface area (Å²) in [4.78, 5) is 68.1. The van der Waals surface area contributed by atoms with E-state index in [1.807, 2.05) is 0 Å². The molecule has 0 atom stereocenters. The van der Waals surface area contributed by atoms with Gasteiger partial charge in [-0.25, -0.2) is 0 Å². The molecule has 4 fully saturated rings. The summed E-state index contributed by atoms with van der Waals surface area (Å²) >= 11 is 0. The number of likely N-dealkylation sites (tertiary alicyclic amines) is 4. The number of nitrogens with zero attached hydrogens (tertiary/aromatic N) is 12. The van der Waals surface area contributed by atoms with E-state index in [0.29, 0.717) is 168 Å². The van der Waals surface area contributed by atoms with Crippen molar-refractivity contribution in [1.82, 2.24) is 80.0 Å². The first-order valence-corrected chi connectivity index (χ1v) is 40.5. The Morgan fingerprint density at radius 2 is 0.564 bits per heavy atom. The number of halogens is 12. The second-order valence-electron chi connectivity index (χ2n) is 31.2. The Hall–Kier alpha value is -9.40. The topological polar surface area (TPSA) is 209 Å². The molecule has 0 unspecified atom stereocenters. The van der Waals surface area contributed by atoms with Gasteiger partial charge < -0.3 is 19.6 Å². The lowest BCUT2D eigenvalue weighted by Crippen LogP contribution is -2.39. The average molecular weight is 1640 g/mol. The molecule has 0 saturated carbocycles. The number of carbonyl (C=O) groups excluding carboxylic acids is 4. The van der Waals surface area contributed by atoms with Crippen LogP contribution in [0.5, 0.6) is 0 Å². The molecule has 12 heterocycles. The van der Waals surface area contributed by atoms with Crippen molar-refractivity contribution in [2.24, 2.45) is 0 Å². The standard InChI is InChI=1S/C22H27F3N4O.2C21H25F3N4O.C20H23F3N4O.CH4/c1-2-28-11-5-8-19-17(14-28)20(27-26-19)21(30)29-12-9-15(10-13-29)16-6-3-4-7-18(16)22(23,24)25;1-2-27-10-9-18-16(13-27)19(26-25-18)20(29)28-11-7-14(8-12-28)15-5-3-4-6-17(15)21(22,23)24;1-2-27-10-9-16-18(13-27)25-26-19(16)20(29)28-11-7-14(8-12-28)15-5-3-4-6-17(15)21(22,23)24;1-2-26-11-15-17(12-26)24-25-18(15)19(28)27-9-7-13(8-10-27)14-5-3-4-6-16(14)20(21,22)23;/h3-4,6-7,15H,2,5,8-14H2,1H3,(H,26,27);2*3-6,14H,2,7-13H2,1H3,(H,25,26);3-6,13H,2,7-12H2,1H3,(H,24,25);1H4. The number of aromatic amines is 4. The van der Waals surface area contributed by atoms with Crippen LogP contribution < -0.4 is 0 Å². The van der Waals surface area contributed by atoms with E-state index < -0.39 is 47.0 Å². The maximum absolute atomic E-state index is 13.4. The Morgan fingerprint density at radius 1 is 0.316 bits per heavy atom. The highest BCUT2D eigenvalue weighted by atomic mass is 19.4. The fourth-order valence-corrected chi connectivity index (χ4v) is 17.8. The van der Waals surface area contributed by atoms with Gasteiger partial charge in [-0.1, -0.05) is 108 Å². The number of H-pyrrole nitrogens is 4. The molecule has 4 aromatic heterocycles. The minimum absolute atomic E-state index is 0. The van der Waals surface area contributed by atoms with E-state index in [-0.39, 0.29) is 54.7 Å². The lowest BCUT2D eigenvalue weighted by Gasteiger charge is -2.33. The van der Waals surface area contributed by atoms with Crippen LogP contribution in [-0.2, 0) is 76.7 Å². The van der Waals surface area contributed by atoms with E-state index in [1.54, 1.807) is 68.1 Å². The van der Waals surface area contributed by atoms with Crippen molar-refractivity contribution in [2.45, 2.75) is 193 Å². The van der Waals surface area contributed by atoms with Crippen LogP contribution in [0.2, 0.25) is 0 Å². The molecule has 0 radical (unpaired) electrons. The number of nitrogens with one attached hydrogen (secondary N) is 4. The first-order valence-electron chi connectivity index (χ1n) is 40.5. The molecule has 8 aromatic rings. The van der Waals surface area contributed by atoms with Gasteiger partial charge in [0.1, 0.15) is 0 Å². The van der Waals surface area contributed by atoms with E-state index in [1.165, 1.54) is 24.3 Å². The number of rotatable bonds is 12. The first-order chi connectivity index (χ1) is 55.5.